The smallest absolute Gasteiger partial charge is 0.305 e. The van der Waals surface area contributed by atoms with Crippen molar-refractivity contribution in [3.8, 4) is 0 Å². The number of methoxy groups -OCH3 is 1. The molecule has 37 heteroatoms. The van der Waals surface area contributed by atoms with Crippen LogP contribution in [0.3, 0.4) is 0 Å². The number of aliphatic hydroxyl groups is 2. The standard InChI is InChI=1S/C9H16NO3.C7H12NO3.C7H14NO2.C7H14NO.24Y/c1-7(2)10-8(6-11)4-5-9(12)13-3;1-5(2)8-6(4-9)3-7(10)11;1-5(2)8-7(4-9)6(3)10;1-4-7(5-9)8-6(2)3;;;;;;;;;;;;;;;;;;;;;;;;/h7-8,10H,4-5H2,1-3H3;5-6,8H,3H2,1-2H3,(H,10,11);5-8,10H,1-3H3;6-9H,1,5H2,2-3H3;;;;;;;;;;;;;;;;;;;;;;;;/q4*-1;;;;;;;;;;;;;;;;;;;;;;;;/t8-;6-;6-,7-;7-;;;;;;;;;;;;;;;;;;;;;;;;/m0011......................../s1. The minimum Gasteiger partial charge on any atom is -0.540 e. The van der Waals surface area contributed by atoms with E-state index in [9.17, 15) is 24.0 Å². The maximum Gasteiger partial charge on any atom is 0.305 e. The van der Waals surface area contributed by atoms with Crippen molar-refractivity contribution in [3.05, 3.63) is 12.7 Å². The van der Waals surface area contributed by atoms with Gasteiger partial charge in [0.05, 0.1) is 7.11 Å². The van der Waals surface area contributed by atoms with E-state index >= 15 is 0 Å². The molecule has 0 aromatic rings. The second kappa shape index (κ2) is 145. The van der Waals surface area contributed by atoms with E-state index in [2.05, 4.69) is 38.7 Å². The topological polar surface area (TPSA) is 203 Å². The molecule has 0 saturated heterocycles. The summed E-state index contributed by atoms with van der Waals surface area (Å²) in [5, 5.41) is 37.5. The van der Waals surface area contributed by atoms with Crippen LogP contribution in [0.25, 0.3) is 0 Å². The maximum atomic E-state index is 10.7. The van der Waals surface area contributed by atoms with E-state index in [1.165, 1.54) is 7.11 Å². The van der Waals surface area contributed by atoms with Crippen LogP contribution >= 0.6 is 0 Å². The molecule has 0 aliphatic carbocycles. The number of carbonyl (C=O) groups excluding carboxylic acids is 4. The largest absolute Gasteiger partial charge is 0.540 e. The molecule has 0 rings (SSSR count). The predicted octanol–water partition coefficient (Wildman–Crippen LogP) is 0.471. The zero-order valence-corrected chi connectivity index (χ0v) is 109. The third-order valence-corrected chi connectivity index (χ3v) is 4.68. The Morgan fingerprint density at radius 1 is 0.493 bits per heavy atom. The van der Waals surface area contributed by atoms with Crippen molar-refractivity contribution in [1.82, 2.24) is 21.3 Å². The van der Waals surface area contributed by atoms with Gasteiger partial charge in [0.1, 0.15) is 0 Å². The summed E-state index contributed by atoms with van der Waals surface area (Å²) in [6, 6.07) is -0.820. The molecule has 0 aliphatic rings. The molecule has 0 saturated carbocycles. The van der Waals surface area contributed by atoms with Gasteiger partial charge in [0.15, 0.2) is 0 Å². The van der Waals surface area contributed by atoms with E-state index in [0.717, 1.165) is 0 Å². The Morgan fingerprint density at radius 2 is 0.761 bits per heavy atom. The normalized spacial score (nSPS) is 8.96. The molecule has 0 bridgehead atoms. The first-order valence-electron chi connectivity index (χ1n) is 14.2. The number of aliphatic hydroxyl groups excluding tert-OH is 2. The zero-order valence-electron chi connectivity index (χ0n) is 41.4. The van der Waals surface area contributed by atoms with Crippen molar-refractivity contribution in [2.45, 2.75) is 136 Å². The number of nitrogens with one attached hydrogen (secondary N) is 4. The van der Waals surface area contributed by atoms with E-state index in [1.807, 2.05) is 61.7 Å². The molecular formula is C30H56N4O9Y24-4. The van der Waals surface area contributed by atoms with Crippen molar-refractivity contribution < 1.29 is 829 Å². The number of hydrogen-bond donors (Lipinski definition) is 7. The molecule has 0 amide bonds. The molecule has 0 aromatic heterocycles. The van der Waals surface area contributed by atoms with Gasteiger partial charge in [-0.2, -0.15) is 0 Å². The van der Waals surface area contributed by atoms with Crippen LogP contribution in [-0.2, 0) is 814 Å². The first kappa shape index (κ1) is 186. The van der Waals surface area contributed by atoms with Gasteiger partial charge in [-0.15, -0.1) is 6.04 Å². The molecule has 0 fully saturated rings. The van der Waals surface area contributed by atoms with Crippen molar-refractivity contribution >= 4 is 30.8 Å². The Bertz CT molecular complexity index is 795. The van der Waals surface area contributed by atoms with Crippen LogP contribution in [0.15, 0.2) is 6.58 Å². The van der Waals surface area contributed by atoms with Crippen LogP contribution in [0.1, 0.15) is 81.6 Å². The zero-order chi connectivity index (χ0) is 34.5. The minimum absolute atomic E-state index is 0. The van der Waals surface area contributed by atoms with Gasteiger partial charge < -0.3 is 61.8 Å². The van der Waals surface area contributed by atoms with E-state index in [0.29, 0.717) is 12.5 Å². The minimum atomic E-state index is -0.994. The first-order valence-corrected chi connectivity index (χ1v) is 14.2. The molecule has 326 valence electrons. The van der Waals surface area contributed by atoms with Gasteiger partial charge in [-0.3, -0.25) is 16.2 Å². The third-order valence-electron chi connectivity index (χ3n) is 4.68. The van der Waals surface area contributed by atoms with Crippen molar-refractivity contribution in [3.63, 3.8) is 0 Å². The van der Waals surface area contributed by atoms with Crippen LogP contribution < -0.4 is 21.3 Å². The predicted molar refractivity (Wildman–Crippen MR) is 166 cm³/mol. The maximum absolute atomic E-state index is 10.7. The molecule has 0 aliphatic heterocycles. The molecule has 5 atom stereocenters. The number of carbonyl (C=O) groups is 2. The summed E-state index contributed by atoms with van der Waals surface area (Å²) < 4.78 is 4.45. The second-order valence-electron chi connectivity index (χ2n) is 10.6. The van der Waals surface area contributed by atoms with Gasteiger partial charge >= 0.3 is 11.9 Å². The Balaban J connectivity index is -0.0000000104. The molecule has 67 heavy (non-hydrogen) atoms. The second-order valence-corrected chi connectivity index (χ2v) is 10.6. The molecular weight excluding hydrogens is 2690 g/mol. The van der Waals surface area contributed by atoms with Gasteiger partial charge in [0.25, 0.3) is 0 Å². The number of carboxylic acid groups (broad SMARTS) is 1. The van der Waals surface area contributed by atoms with Crippen LogP contribution in [0.5, 0.6) is 0 Å². The molecule has 0 unspecified atom stereocenters. The summed E-state index contributed by atoms with van der Waals surface area (Å²) >= 11 is 0. The number of carboxylic acids is 1. The summed E-state index contributed by atoms with van der Waals surface area (Å²) in [5.74, 6) is -1.29. The summed E-state index contributed by atoms with van der Waals surface area (Å²) in [4.78, 5) is 51.5. The number of ether oxygens (including phenoxy) is 1. The Labute approximate surface area is 1010 Å². The summed E-state index contributed by atoms with van der Waals surface area (Å²) in [7, 11) is 1.33. The third kappa shape index (κ3) is 165. The van der Waals surface area contributed by atoms with Crippen molar-refractivity contribution in [2.24, 2.45) is 0 Å². The quantitative estimate of drug-likeness (QED) is 0.0697. The average Bonchev–Trinajstić information content (AvgIpc) is 2.91. The van der Waals surface area contributed by atoms with Gasteiger partial charge in [0, 0.05) is 811 Å². The Morgan fingerprint density at radius 3 is 0.910 bits per heavy atom. The fraction of sp³-hybridized carbons (Fsp3) is 0.767. The molecule has 24 radical (unpaired) electrons. The summed E-state index contributed by atoms with van der Waals surface area (Å²) in [5.41, 5.74) is 0. The van der Waals surface area contributed by atoms with Gasteiger partial charge in [0.2, 0.25) is 0 Å². The van der Waals surface area contributed by atoms with Gasteiger partial charge in [-0.25, -0.2) is 18.9 Å². The molecule has 7 N–H and O–H groups in total. The van der Waals surface area contributed by atoms with E-state index in [-0.39, 0.29) is 841 Å². The van der Waals surface area contributed by atoms with Crippen LogP contribution in [-0.4, -0.2) is 114 Å². The first-order chi connectivity index (χ1) is 19.9. The number of aliphatic carboxylic acids is 1. The summed E-state index contributed by atoms with van der Waals surface area (Å²) in [6.07, 6.45) is 7.67. The van der Waals surface area contributed by atoms with Crippen molar-refractivity contribution in [2.75, 3.05) is 13.7 Å². The fourth-order valence-corrected chi connectivity index (χ4v) is 2.86. The average molecular weight is 2750 g/mol. The van der Waals surface area contributed by atoms with Gasteiger partial charge in [-0.1, -0.05) is 79.9 Å². The van der Waals surface area contributed by atoms with E-state index in [1.54, 1.807) is 19.5 Å². The molecule has 0 spiro atoms. The monoisotopic (exact) mass is 2750 g/mol. The van der Waals surface area contributed by atoms with Crippen LogP contribution in [0, 0.1) is 6.08 Å². The SMILES string of the molecule is C=[C-][C@H](CO)NC(C)C.CC(C)N[C@H]([C-]=O)CC(=O)O.CC(C)N[C@H]([C-]=O)[C@@H](C)O.COC(=O)CC[C@@H]([C-]=O)NC(C)C.[Y].[Y].[Y].[Y].[Y].[Y].[Y].[Y].[Y].[Y].[Y].[Y].[Y].[Y].[Y].[Y].[Y].[Y].[Y].[Y].[Y].[Y].[Y].[Y]. The number of hydrogen-bond acceptors (Lipinski definition) is 12. The van der Waals surface area contributed by atoms with Crippen molar-refractivity contribution in [1.29, 1.82) is 0 Å². The fourth-order valence-electron chi connectivity index (χ4n) is 2.86. The Hall–Kier alpha value is 23.9. The molecule has 0 aromatic carbocycles. The number of rotatable bonds is 19. The summed E-state index contributed by atoms with van der Waals surface area (Å²) in [6.45, 7) is 20.5. The molecule has 0 heterocycles. The molecule has 13 nitrogen and oxygen atoms in total. The van der Waals surface area contributed by atoms with Crippen LogP contribution in [0.2, 0.25) is 0 Å². The number of esters is 1. The van der Waals surface area contributed by atoms with E-state index in [4.69, 9.17) is 15.3 Å². The van der Waals surface area contributed by atoms with E-state index < -0.39 is 24.2 Å². The van der Waals surface area contributed by atoms with Crippen LogP contribution in [0.4, 0.5) is 0 Å². The van der Waals surface area contributed by atoms with Gasteiger partial charge in [-0.05, 0) is 31.1 Å². The Kier molecular flexibility index (Phi) is 403.